The summed E-state index contributed by atoms with van der Waals surface area (Å²) in [5, 5.41) is 89.1. The number of carbonyl (C=O) groups excluding carboxylic acids is 2. The Morgan fingerprint density at radius 2 is 1.13 bits per heavy atom. The van der Waals surface area contributed by atoms with E-state index in [9.17, 15) is 65.1 Å². The topological polar surface area (TPSA) is 278 Å². The van der Waals surface area contributed by atoms with Crippen molar-refractivity contribution >= 4 is 30.0 Å². The number of ether oxygens (including phenoxy) is 3. The van der Waals surface area contributed by atoms with E-state index in [1.165, 1.54) is 24.3 Å². The van der Waals surface area contributed by atoms with E-state index in [2.05, 4.69) is 0 Å². The summed E-state index contributed by atoms with van der Waals surface area (Å²) in [5.74, 6) is -10.8. The molecule has 16 nitrogen and oxygen atoms in total. The maximum Gasteiger partial charge on any atom is 1.00 e. The Bertz CT molecular complexity index is 2090. The third-order valence-corrected chi connectivity index (χ3v) is 8.04. The number of fused-ring (bicyclic) bond motifs is 1. The molecule has 0 bridgehead atoms. The molecule has 4 aromatic carbocycles. The number of carboxylic acids is 2. The van der Waals surface area contributed by atoms with Crippen molar-refractivity contribution in [3.05, 3.63) is 101 Å². The molecule has 0 radical (unpaired) electrons. The molecule has 0 amide bonds. The third kappa shape index (κ3) is 9.32. The fraction of sp³-hybridized carbons (Fsp3) is 0.167. The number of carboxylic acid groups (broad SMARTS) is 2. The standard InChI is InChI=1S/C36H30O16.K/c37-20-6-1-16(11-24(20)41)13-27(34(45)46)50-29(44)10-5-18-3-9-23(40)33-30(18)31(32(52-33)19-4-8-22(39)26(43)15-19)36(49)51-28(35(47)48)14-17-2-7-21(38)25(42)12-17;/h1-12,15,27-28,31-32,37-43H,13-14H2,(H,45,46)(H,47,48);/q;+1/b10-5-;/t27-,28-,31+,32?;/m1./s1. The minimum atomic E-state index is -1.84. The van der Waals surface area contributed by atoms with Crippen LogP contribution in [-0.2, 0) is 41.5 Å². The van der Waals surface area contributed by atoms with Gasteiger partial charge in [0, 0.05) is 24.5 Å². The van der Waals surface area contributed by atoms with Gasteiger partial charge in [0.1, 0.15) is 12.0 Å². The molecule has 0 aromatic heterocycles. The number of phenolic OH excluding ortho intramolecular Hbond substituents is 7. The molecule has 4 aromatic rings. The van der Waals surface area contributed by atoms with Gasteiger partial charge in [0.05, 0.1) is 0 Å². The summed E-state index contributed by atoms with van der Waals surface area (Å²) >= 11 is 0. The molecule has 0 saturated carbocycles. The van der Waals surface area contributed by atoms with Crippen molar-refractivity contribution < 1.29 is 131 Å². The number of aliphatic carboxylic acids is 2. The minimum absolute atomic E-state index is 0. The molecular weight excluding hydrogens is 727 g/mol. The van der Waals surface area contributed by atoms with Gasteiger partial charge in [-0.1, -0.05) is 24.3 Å². The van der Waals surface area contributed by atoms with Crippen LogP contribution < -0.4 is 56.1 Å². The summed E-state index contributed by atoms with van der Waals surface area (Å²) in [7, 11) is 0. The average Bonchev–Trinajstić information content (AvgIpc) is 3.50. The van der Waals surface area contributed by atoms with Crippen molar-refractivity contribution in [2.75, 3.05) is 0 Å². The van der Waals surface area contributed by atoms with Crippen LogP contribution in [0.4, 0.5) is 0 Å². The van der Waals surface area contributed by atoms with Gasteiger partial charge in [-0.15, -0.1) is 0 Å². The maximum atomic E-state index is 13.9. The van der Waals surface area contributed by atoms with Crippen molar-refractivity contribution in [2.24, 2.45) is 0 Å². The molecule has 53 heavy (non-hydrogen) atoms. The van der Waals surface area contributed by atoms with Crippen LogP contribution in [0.15, 0.2) is 72.8 Å². The molecule has 1 aliphatic heterocycles. The van der Waals surface area contributed by atoms with E-state index >= 15 is 0 Å². The van der Waals surface area contributed by atoms with E-state index in [4.69, 9.17) is 14.2 Å². The normalized spacial score (nSPS) is 15.7. The molecule has 1 heterocycles. The molecule has 1 unspecified atom stereocenters. The van der Waals surface area contributed by atoms with E-state index in [0.717, 1.165) is 54.6 Å². The molecule has 9 N–H and O–H groups in total. The number of rotatable bonds is 12. The van der Waals surface area contributed by atoms with Gasteiger partial charge in [-0.3, -0.25) is 4.79 Å². The molecule has 0 saturated heterocycles. The van der Waals surface area contributed by atoms with Crippen LogP contribution >= 0.6 is 0 Å². The first kappa shape index (κ1) is 40.3. The molecule has 17 heteroatoms. The summed E-state index contributed by atoms with van der Waals surface area (Å²) < 4.78 is 16.5. The summed E-state index contributed by atoms with van der Waals surface area (Å²) in [4.78, 5) is 50.9. The Hall–Kier alpha value is -5.46. The zero-order valence-corrected chi connectivity index (χ0v) is 30.7. The fourth-order valence-corrected chi connectivity index (χ4v) is 5.49. The van der Waals surface area contributed by atoms with Gasteiger partial charge >= 0.3 is 75.3 Å². The monoisotopic (exact) mass is 757 g/mol. The number of phenols is 7. The second-order valence-corrected chi connectivity index (χ2v) is 11.6. The molecule has 0 aliphatic carbocycles. The van der Waals surface area contributed by atoms with Gasteiger partial charge in [-0.25, -0.2) is 14.4 Å². The molecule has 0 fully saturated rings. The van der Waals surface area contributed by atoms with E-state index < -0.39 is 94.8 Å². The van der Waals surface area contributed by atoms with Gasteiger partial charge in [-0.2, -0.15) is 0 Å². The van der Waals surface area contributed by atoms with Crippen molar-refractivity contribution in [1.82, 2.24) is 0 Å². The maximum absolute atomic E-state index is 13.9. The second-order valence-electron chi connectivity index (χ2n) is 11.6. The summed E-state index contributed by atoms with van der Waals surface area (Å²) in [5.41, 5.74) is 0.445. The quantitative estimate of drug-likeness (QED) is 0.0408. The van der Waals surface area contributed by atoms with Gasteiger partial charge < -0.3 is 60.2 Å². The van der Waals surface area contributed by atoms with Gasteiger partial charge in [0.25, 0.3) is 0 Å². The number of esters is 2. The smallest absolute Gasteiger partial charge is 0.504 e. The third-order valence-electron chi connectivity index (χ3n) is 8.04. The van der Waals surface area contributed by atoms with Crippen LogP contribution in [0.2, 0.25) is 0 Å². The fourth-order valence-electron chi connectivity index (χ4n) is 5.49. The van der Waals surface area contributed by atoms with E-state index in [1.54, 1.807) is 0 Å². The molecule has 5 rings (SSSR count). The first-order valence-electron chi connectivity index (χ1n) is 15.2. The van der Waals surface area contributed by atoms with E-state index in [0.29, 0.717) is 0 Å². The van der Waals surface area contributed by atoms with E-state index in [-0.39, 0.29) is 91.4 Å². The van der Waals surface area contributed by atoms with Gasteiger partial charge in [0.15, 0.2) is 46.0 Å². The Balaban J connectivity index is 0.00000627. The van der Waals surface area contributed by atoms with Crippen LogP contribution in [0.3, 0.4) is 0 Å². The van der Waals surface area contributed by atoms with Crippen molar-refractivity contribution in [3.63, 3.8) is 0 Å². The molecular formula is C36H30KO16+. The Labute approximate surface area is 341 Å². The van der Waals surface area contributed by atoms with Crippen LogP contribution in [0.5, 0.6) is 46.0 Å². The van der Waals surface area contributed by atoms with Crippen LogP contribution in [0.1, 0.15) is 39.8 Å². The summed E-state index contributed by atoms with van der Waals surface area (Å²) in [6.45, 7) is 0. The van der Waals surface area contributed by atoms with Crippen molar-refractivity contribution in [2.45, 2.75) is 37.1 Å². The Morgan fingerprint density at radius 3 is 1.64 bits per heavy atom. The van der Waals surface area contributed by atoms with Crippen molar-refractivity contribution in [3.8, 4) is 46.0 Å². The van der Waals surface area contributed by atoms with Crippen LogP contribution in [0, 0.1) is 0 Å². The van der Waals surface area contributed by atoms with Gasteiger partial charge in [0.2, 0.25) is 12.2 Å². The number of aromatic hydroxyl groups is 7. The minimum Gasteiger partial charge on any atom is -0.504 e. The summed E-state index contributed by atoms with van der Waals surface area (Å²) in [6.07, 6.45) is -3.85. The molecule has 4 atom stereocenters. The predicted molar refractivity (Wildman–Crippen MR) is 175 cm³/mol. The Morgan fingerprint density at radius 1 is 0.642 bits per heavy atom. The number of hydrogen-bond donors (Lipinski definition) is 9. The largest absolute Gasteiger partial charge is 1.00 e. The SMILES string of the molecule is O=C(/C=C\c1ccc(O)c2c1[C@H](C(=O)O[C@H](Cc1ccc(O)c(O)c1)C(=O)O)C(c1ccc(O)c(O)c1)O2)O[C@H](Cc1ccc(O)c(O)c1)C(=O)O.[K+]. The number of carbonyl (C=O) groups is 4. The molecule has 1 aliphatic rings. The first-order chi connectivity index (χ1) is 24.6. The van der Waals surface area contributed by atoms with Crippen LogP contribution in [-0.4, -0.2) is 82.0 Å². The number of benzene rings is 4. The molecule has 270 valence electrons. The molecule has 0 spiro atoms. The number of hydrogen-bond acceptors (Lipinski definition) is 14. The van der Waals surface area contributed by atoms with Crippen LogP contribution in [0.25, 0.3) is 6.08 Å². The average molecular weight is 758 g/mol. The first-order valence-corrected chi connectivity index (χ1v) is 15.2. The predicted octanol–water partition coefficient (Wildman–Crippen LogP) is 0.338. The van der Waals surface area contributed by atoms with Gasteiger partial charge in [-0.05, 0) is 70.8 Å². The summed E-state index contributed by atoms with van der Waals surface area (Å²) in [6, 6.07) is 13.0. The van der Waals surface area contributed by atoms with E-state index in [1.807, 2.05) is 0 Å². The Kier molecular flexibility index (Phi) is 12.9. The second kappa shape index (κ2) is 16.9. The zero-order valence-electron chi connectivity index (χ0n) is 27.6. The van der Waals surface area contributed by atoms with Crippen molar-refractivity contribution in [1.29, 1.82) is 0 Å². The zero-order chi connectivity index (χ0) is 37.9.